The Balaban J connectivity index is 1.61. The third kappa shape index (κ3) is 3.22. The summed E-state index contributed by atoms with van der Waals surface area (Å²) in [4.78, 5) is 16.6. The van der Waals surface area contributed by atoms with E-state index in [1.54, 1.807) is 17.7 Å². The molecule has 0 N–H and O–H groups in total. The molecule has 0 atom stereocenters. The summed E-state index contributed by atoms with van der Waals surface area (Å²) in [5.41, 5.74) is 3.85. The number of hydrogen-bond acceptors (Lipinski definition) is 3. The number of rotatable bonds is 3. The zero-order valence-electron chi connectivity index (χ0n) is 13.3. The van der Waals surface area contributed by atoms with E-state index in [2.05, 4.69) is 41.0 Å². The van der Waals surface area contributed by atoms with E-state index < -0.39 is 0 Å². The maximum Gasteiger partial charge on any atom is 0.250 e. The number of hydrogen-bond donors (Lipinski definition) is 0. The van der Waals surface area contributed by atoms with Crippen LogP contribution in [0.3, 0.4) is 0 Å². The van der Waals surface area contributed by atoms with Gasteiger partial charge in [-0.15, -0.1) is 0 Å². The lowest BCUT2D eigenvalue weighted by Crippen LogP contribution is -2.46. The van der Waals surface area contributed by atoms with Gasteiger partial charge in [0, 0.05) is 57.7 Å². The first-order valence-electron chi connectivity index (χ1n) is 7.82. The van der Waals surface area contributed by atoms with Crippen molar-refractivity contribution in [3.8, 4) is 0 Å². The molecule has 2 aromatic rings. The number of aryl methyl sites for hydroxylation is 2. The van der Waals surface area contributed by atoms with Gasteiger partial charge in [0.05, 0.1) is 0 Å². The van der Waals surface area contributed by atoms with E-state index in [1.165, 1.54) is 11.3 Å². The van der Waals surface area contributed by atoms with Crippen molar-refractivity contribution >= 4 is 5.69 Å². The highest BCUT2D eigenvalue weighted by Crippen LogP contribution is 2.21. The summed E-state index contributed by atoms with van der Waals surface area (Å²) in [6, 6.07) is 12.3. The van der Waals surface area contributed by atoms with Crippen molar-refractivity contribution in [1.29, 1.82) is 0 Å². The zero-order chi connectivity index (χ0) is 15.5. The molecule has 0 bridgehead atoms. The standard InChI is InChI=1S/C18H23N3O/c1-15-5-3-4-6-17(15)21-11-9-20(10-12-21)14-16-7-8-19(2)18(22)13-16/h3-8,13H,9-12,14H2,1-2H3. The Morgan fingerprint density at radius 1 is 1.05 bits per heavy atom. The van der Waals surface area contributed by atoms with Crippen molar-refractivity contribution in [2.24, 2.45) is 7.05 Å². The quantitative estimate of drug-likeness (QED) is 0.868. The SMILES string of the molecule is Cc1ccccc1N1CCN(Cc2ccn(C)c(=O)c2)CC1. The van der Waals surface area contributed by atoms with Crippen LogP contribution in [0.2, 0.25) is 0 Å². The average molecular weight is 297 g/mol. The van der Waals surface area contributed by atoms with Gasteiger partial charge in [-0.25, -0.2) is 0 Å². The van der Waals surface area contributed by atoms with Gasteiger partial charge in [-0.1, -0.05) is 18.2 Å². The number of aromatic nitrogens is 1. The van der Waals surface area contributed by atoms with Crippen LogP contribution in [0.5, 0.6) is 0 Å². The summed E-state index contributed by atoms with van der Waals surface area (Å²) in [5, 5.41) is 0. The third-order valence-corrected chi connectivity index (χ3v) is 4.40. The highest BCUT2D eigenvalue weighted by atomic mass is 16.1. The molecule has 3 rings (SSSR count). The minimum atomic E-state index is 0.0658. The zero-order valence-corrected chi connectivity index (χ0v) is 13.3. The van der Waals surface area contributed by atoms with Gasteiger partial charge < -0.3 is 9.47 Å². The minimum absolute atomic E-state index is 0.0658. The summed E-state index contributed by atoms with van der Waals surface area (Å²) in [7, 11) is 1.78. The van der Waals surface area contributed by atoms with Crippen molar-refractivity contribution in [3.05, 3.63) is 64.1 Å². The molecule has 0 amide bonds. The second-order valence-corrected chi connectivity index (χ2v) is 6.03. The molecule has 4 heteroatoms. The highest BCUT2D eigenvalue weighted by Gasteiger charge is 2.18. The molecule has 116 valence electrons. The molecule has 1 saturated heterocycles. The monoisotopic (exact) mass is 297 g/mol. The molecule has 1 aliphatic heterocycles. The lowest BCUT2D eigenvalue weighted by molar-refractivity contribution is 0.249. The van der Waals surface area contributed by atoms with Crippen molar-refractivity contribution in [2.45, 2.75) is 13.5 Å². The summed E-state index contributed by atoms with van der Waals surface area (Å²) in [6.45, 7) is 7.16. The van der Waals surface area contributed by atoms with E-state index in [9.17, 15) is 4.79 Å². The van der Waals surface area contributed by atoms with Gasteiger partial charge in [-0.2, -0.15) is 0 Å². The van der Waals surface area contributed by atoms with Gasteiger partial charge in [0.2, 0.25) is 0 Å². The third-order valence-electron chi connectivity index (χ3n) is 4.40. The van der Waals surface area contributed by atoms with Crippen LogP contribution in [0.1, 0.15) is 11.1 Å². The number of benzene rings is 1. The van der Waals surface area contributed by atoms with Crippen LogP contribution in [-0.2, 0) is 13.6 Å². The summed E-state index contributed by atoms with van der Waals surface area (Å²) in [5.74, 6) is 0. The van der Waals surface area contributed by atoms with Crippen molar-refractivity contribution < 1.29 is 0 Å². The first kappa shape index (κ1) is 14.9. The van der Waals surface area contributed by atoms with Gasteiger partial charge in [-0.05, 0) is 30.2 Å². The maximum absolute atomic E-state index is 11.7. The molecular weight excluding hydrogens is 274 g/mol. The van der Waals surface area contributed by atoms with Gasteiger partial charge in [0.1, 0.15) is 0 Å². The van der Waals surface area contributed by atoms with E-state index in [1.807, 2.05) is 12.3 Å². The smallest absolute Gasteiger partial charge is 0.250 e. The summed E-state index contributed by atoms with van der Waals surface area (Å²) in [6.07, 6.45) is 1.85. The predicted octanol–water partition coefficient (Wildman–Crippen LogP) is 2.02. The maximum atomic E-state index is 11.7. The molecule has 0 spiro atoms. The summed E-state index contributed by atoms with van der Waals surface area (Å²) >= 11 is 0. The molecular formula is C18H23N3O. The molecule has 1 aliphatic rings. The minimum Gasteiger partial charge on any atom is -0.369 e. The Kier molecular flexibility index (Phi) is 4.29. The first-order valence-corrected chi connectivity index (χ1v) is 7.82. The second-order valence-electron chi connectivity index (χ2n) is 6.03. The van der Waals surface area contributed by atoms with E-state index in [0.29, 0.717) is 0 Å². The molecule has 2 heterocycles. The molecule has 0 saturated carbocycles. The Morgan fingerprint density at radius 2 is 1.77 bits per heavy atom. The fraction of sp³-hybridized carbons (Fsp3) is 0.389. The van der Waals surface area contributed by atoms with Crippen molar-refractivity contribution in [3.63, 3.8) is 0 Å². The lowest BCUT2D eigenvalue weighted by atomic mass is 10.1. The van der Waals surface area contributed by atoms with E-state index in [0.717, 1.165) is 38.3 Å². The largest absolute Gasteiger partial charge is 0.369 e. The molecule has 1 aromatic heterocycles. The number of para-hydroxylation sites is 1. The second kappa shape index (κ2) is 6.36. The molecule has 0 aliphatic carbocycles. The molecule has 1 fully saturated rings. The van der Waals surface area contributed by atoms with Gasteiger partial charge in [0.25, 0.3) is 5.56 Å². The molecule has 0 radical (unpaired) electrons. The average Bonchev–Trinajstić information content (AvgIpc) is 2.52. The van der Waals surface area contributed by atoms with Crippen LogP contribution in [-0.4, -0.2) is 35.6 Å². The van der Waals surface area contributed by atoms with Crippen molar-refractivity contribution in [2.75, 3.05) is 31.1 Å². The number of pyridine rings is 1. The molecule has 22 heavy (non-hydrogen) atoms. The van der Waals surface area contributed by atoms with Crippen LogP contribution in [0, 0.1) is 6.92 Å². The van der Waals surface area contributed by atoms with Crippen LogP contribution < -0.4 is 10.5 Å². The molecule has 1 aromatic carbocycles. The predicted molar refractivity (Wildman–Crippen MR) is 90.4 cm³/mol. The molecule has 0 unspecified atom stereocenters. The van der Waals surface area contributed by atoms with Gasteiger partial charge in [-0.3, -0.25) is 9.69 Å². The van der Waals surface area contributed by atoms with Gasteiger partial charge in [0.15, 0.2) is 0 Å². The normalized spacial score (nSPS) is 16.0. The lowest BCUT2D eigenvalue weighted by Gasteiger charge is -2.36. The fourth-order valence-electron chi connectivity index (χ4n) is 3.01. The fourth-order valence-corrected chi connectivity index (χ4v) is 3.01. The highest BCUT2D eigenvalue weighted by molar-refractivity contribution is 5.53. The van der Waals surface area contributed by atoms with Gasteiger partial charge >= 0.3 is 0 Å². The Hall–Kier alpha value is -2.07. The first-order chi connectivity index (χ1) is 10.6. The van der Waals surface area contributed by atoms with Crippen LogP contribution in [0.25, 0.3) is 0 Å². The molecule has 4 nitrogen and oxygen atoms in total. The summed E-state index contributed by atoms with van der Waals surface area (Å²) < 4.78 is 1.61. The van der Waals surface area contributed by atoms with Crippen LogP contribution >= 0.6 is 0 Å². The number of piperazine rings is 1. The van der Waals surface area contributed by atoms with Crippen LogP contribution in [0.15, 0.2) is 47.4 Å². The van der Waals surface area contributed by atoms with Crippen LogP contribution in [0.4, 0.5) is 5.69 Å². The Bertz CT molecular complexity index is 699. The van der Waals surface area contributed by atoms with E-state index in [4.69, 9.17) is 0 Å². The van der Waals surface area contributed by atoms with E-state index in [-0.39, 0.29) is 5.56 Å². The van der Waals surface area contributed by atoms with Crippen molar-refractivity contribution in [1.82, 2.24) is 9.47 Å². The Morgan fingerprint density at radius 3 is 2.45 bits per heavy atom. The number of anilines is 1. The van der Waals surface area contributed by atoms with E-state index >= 15 is 0 Å². The number of nitrogens with zero attached hydrogens (tertiary/aromatic N) is 3. The Labute approximate surface area is 131 Å². The topological polar surface area (TPSA) is 28.5 Å².